The molecule has 0 aliphatic rings. The van der Waals surface area contributed by atoms with Gasteiger partial charge in [0, 0.05) is 11.1 Å². The summed E-state index contributed by atoms with van der Waals surface area (Å²) in [5.41, 5.74) is 5.56. The van der Waals surface area contributed by atoms with Crippen LogP contribution in [0.2, 0.25) is 0 Å². The molecule has 2 rings (SSSR count). The van der Waals surface area contributed by atoms with Crippen molar-refractivity contribution in [3.63, 3.8) is 0 Å². The van der Waals surface area contributed by atoms with Crippen molar-refractivity contribution in [2.75, 3.05) is 19.1 Å². The van der Waals surface area contributed by atoms with E-state index in [0.29, 0.717) is 12.2 Å². The van der Waals surface area contributed by atoms with Crippen LogP contribution in [0.15, 0.2) is 11.1 Å². The lowest BCUT2D eigenvalue weighted by Crippen LogP contribution is -2.13. The van der Waals surface area contributed by atoms with Gasteiger partial charge in [0.05, 0.1) is 12.9 Å². The zero-order valence-corrected chi connectivity index (χ0v) is 10.5. The molecule has 4 N–H and O–H groups in total. The standard InChI is InChI=1S/C8H10N5O5P/c9-8-11-6-5(7(14)12-8)10-3-13(6)1-2-17-4-18-19(15)16/h3H,1-2,4H2,(H3-,9,11,12,14,15,16)/p+1. The van der Waals surface area contributed by atoms with Crippen molar-refractivity contribution in [2.24, 2.45) is 0 Å². The Bertz CT molecular complexity index is 653. The predicted octanol–water partition coefficient (Wildman–Crippen LogP) is -0.658. The number of nitrogens with zero attached hydrogens (tertiary/aromatic N) is 3. The van der Waals surface area contributed by atoms with Crippen molar-refractivity contribution in [1.82, 2.24) is 19.5 Å². The van der Waals surface area contributed by atoms with Gasteiger partial charge >= 0.3 is 8.25 Å². The highest BCUT2D eigenvalue weighted by atomic mass is 31.1. The van der Waals surface area contributed by atoms with E-state index in [4.69, 9.17) is 15.4 Å². The summed E-state index contributed by atoms with van der Waals surface area (Å²) in [7, 11) is -2.67. The fraction of sp³-hybridized carbons (Fsp3) is 0.375. The van der Waals surface area contributed by atoms with Gasteiger partial charge in [-0.1, -0.05) is 4.52 Å². The normalized spacial score (nSPS) is 11.9. The van der Waals surface area contributed by atoms with Crippen molar-refractivity contribution in [3.05, 3.63) is 16.7 Å². The van der Waals surface area contributed by atoms with E-state index < -0.39 is 13.8 Å². The second-order valence-electron chi connectivity index (χ2n) is 3.45. The van der Waals surface area contributed by atoms with E-state index in [1.165, 1.54) is 6.33 Å². The van der Waals surface area contributed by atoms with Crippen LogP contribution < -0.4 is 11.3 Å². The molecule has 2 aromatic heterocycles. The highest BCUT2D eigenvalue weighted by molar-refractivity contribution is 7.32. The molecule has 11 heteroatoms. The molecule has 0 saturated carbocycles. The van der Waals surface area contributed by atoms with Crippen LogP contribution in [-0.4, -0.2) is 37.8 Å². The van der Waals surface area contributed by atoms with E-state index in [9.17, 15) is 9.36 Å². The number of anilines is 1. The largest absolute Gasteiger partial charge is 0.697 e. The van der Waals surface area contributed by atoms with Gasteiger partial charge < -0.3 is 15.0 Å². The van der Waals surface area contributed by atoms with Crippen molar-refractivity contribution >= 4 is 25.4 Å². The fourth-order valence-electron chi connectivity index (χ4n) is 1.44. The molecule has 1 unspecified atom stereocenters. The Morgan fingerprint density at radius 3 is 3.11 bits per heavy atom. The third-order valence-corrected chi connectivity index (χ3v) is 2.54. The number of hydrogen-bond acceptors (Lipinski definition) is 7. The number of ether oxygens (including phenoxy) is 1. The van der Waals surface area contributed by atoms with E-state index in [2.05, 4.69) is 19.5 Å². The molecule has 0 aliphatic heterocycles. The summed E-state index contributed by atoms with van der Waals surface area (Å²) in [6.45, 7) is 0.246. The van der Waals surface area contributed by atoms with Gasteiger partial charge in [0.15, 0.2) is 11.2 Å². The van der Waals surface area contributed by atoms with Crippen LogP contribution in [0.3, 0.4) is 0 Å². The van der Waals surface area contributed by atoms with Crippen LogP contribution in [0.1, 0.15) is 0 Å². The molecule has 0 saturated heterocycles. The van der Waals surface area contributed by atoms with Gasteiger partial charge in [0.25, 0.3) is 5.56 Å². The minimum Gasteiger partial charge on any atom is -0.369 e. The highest BCUT2D eigenvalue weighted by Gasteiger charge is 2.11. The summed E-state index contributed by atoms with van der Waals surface area (Å²) in [5.74, 6) is 0.000721. The van der Waals surface area contributed by atoms with Crippen LogP contribution in [0.5, 0.6) is 0 Å². The predicted molar refractivity (Wildman–Crippen MR) is 64.3 cm³/mol. The number of hydrogen-bond donors (Lipinski definition) is 3. The van der Waals surface area contributed by atoms with Crippen molar-refractivity contribution in [3.8, 4) is 0 Å². The zero-order chi connectivity index (χ0) is 13.8. The van der Waals surface area contributed by atoms with Gasteiger partial charge in [-0.25, -0.2) is 4.98 Å². The maximum atomic E-state index is 11.5. The monoisotopic (exact) mass is 288 g/mol. The highest BCUT2D eigenvalue weighted by Crippen LogP contribution is 2.13. The first kappa shape index (κ1) is 13.6. The van der Waals surface area contributed by atoms with Crippen LogP contribution in [0.25, 0.3) is 11.2 Å². The number of nitrogen functional groups attached to an aromatic ring is 1. The molecular formula is C8H11N5O5P+. The Morgan fingerprint density at radius 1 is 1.58 bits per heavy atom. The summed E-state index contributed by atoms with van der Waals surface area (Å²) in [4.78, 5) is 30.1. The van der Waals surface area contributed by atoms with Crippen molar-refractivity contribution in [1.29, 1.82) is 0 Å². The summed E-state index contributed by atoms with van der Waals surface area (Å²) in [5, 5.41) is 0. The summed E-state index contributed by atoms with van der Waals surface area (Å²) < 4.78 is 21.1. The zero-order valence-electron chi connectivity index (χ0n) is 9.65. The molecule has 19 heavy (non-hydrogen) atoms. The maximum Gasteiger partial charge on any atom is 0.697 e. The van der Waals surface area contributed by atoms with E-state index in [-0.39, 0.29) is 24.9 Å². The molecule has 0 bridgehead atoms. The quantitative estimate of drug-likeness (QED) is 0.361. The van der Waals surface area contributed by atoms with Gasteiger partial charge in [-0.3, -0.25) is 9.78 Å². The van der Waals surface area contributed by atoms with Gasteiger partial charge in [0.1, 0.15) is 0 Å². The van der Waals surface area contributed by atoms with Gasteiger partial charge in [-0.05, 0) is 0 Å². The van der Waals surface area contributed by atoms with E-state index in [1.807, 2.05) is 0 Å². The van der Waals surface area contributed by atoms with E-state index in [1.54, 1.807) is 4.57 Å². The summed E-state index contributed by atoms with van der Waals surface area (Å²) in [6.07, 6.45) is 1.43. The summed E-state index contributed by atoms with van der Waals surface area (Å²) in [6, 6.07) is 0. The molecule has 2 aromatic rings. The number of aromatic nitrogens is 4. The number of rotatable bonds is 6. The Morgan fingerprint density at radius 2 is 2.37 bits per heavy atom. The molecule has 0 amide bonds. The number of imidazole rings is 1. The van der Waals surface area contributed by atoms with Crippen LogP contribution in [0.4, 0.5) is 5.95 Å². The molecule has 102 valence electrons. The molecule has 0 aromatic carbocycles. The van der Waals surface area contributed by atoms with Gasteiger partial charge in [-0.15, -0.1) is 4.89 Å². The van der Waals surface area contributed by atoms with Crippen LogP contribution in [-0.2, 0) is 20.4 Å². The molecule has 0 radical (unpaired) electrons. The first-order valence-electron chi connectivity index (χ1n) is 5.15. The fourth-order valence-corrected chi connectivity index (χ4v) is 1.60. The second-order valence-corrected chi connectivity index (χ2v) is 4.19. The Balaban J connectivity index is 2.01. The third-order valence-electron chi connectivity index (χ3n) is 2.22. The number of aromatic amines is 1. The van der Waals surface area contributed by atoms with Crippen molar-refractivity contribution < 1.29 is 18.7 Å². The molecule has 1 atom stereocenters. The first-order chi connectivity index (χ1) is 9.08. The first-order valence-corrected chi connectivity index (χ1v) is 6.28. The van der Waals surface area contributed by atoms with Gasteiger partial charge in [-0.2, -0.15) is 4.98 Å². The lowest BCUT2D eigenvalue weighted by Gasteiger charge is -2.03. The molecule has 2 heterocycles. The average molecular weight is 288 g/mol. The molecule has 0 fully saturated rings. The number of fused-ring (bicyclic) bond motifs is 1. The molecule has 10 nitrogen and oxygen atoms in total. The lowest BCUT2D eigenvalue weighted by atomic mass is 10.5. The van der Waals surface area contributed by atoms with E-state index >= 15 is 0 Å². The number of nitrogens with two attached hydrogens (primary N) is 1. The summed E-state index contributed by atoms with van der Waals surface area (Å²) >= 11 is 0. The smallest absolute Gasteiger partial charge is 0.369 e. The number of nitrogens with one attached hydrogen (secondary N) is 1. The number of H-pyrrole nitrogens is 1. The Labute approximate surface area is 107 Å². The van der Waals surface area contributed by atoms with Crippen LogP contribution >= 0.6 is 8.25 Å². The van der Waals surface area contributed by atoms with Crippen molar-refractivity contribution in [2.45, 2.75) is 6.54 Å². The lowest BCUT2D eigenvalue weighted by molar-refractivity contribution is 0.0106. The van der Waals surface area contributed by atoms with Crippen LogP contribution in [0, 0.1) is 0 Å². The topological polar surface area (TPSA) is 145 Å². The SMILES string of the molecule is Nc1nc2c(ncn2CCOCO[P+](=O)O)c(=O)[nH]1. The minimum absolute atomic E-state index is 0.000721. The van der Waals surface area contributed by atoms with E-state index in [0.717, 1.165) is 0 Å². The average Bonchev–Trinajstić information content (AvgIpc) is 2.72. The third kappa shape index (κ3) is 3.32. The minimum atomic E-state index is -2.67. The molecule has 0 spiro atoms. The maximum absolute atomic E-state index is 11.5. The second kappa shape index (κ2) is 5.85. The Kier molecular flexibility index (Phi) is 4.17. The molecular weight excluding hydrogens is 277 g/mol. The Hall–Kier alpha value is -1.87. The molecule has 0 aliphatic carbocycles. The van der Waals surface area contributed by atoms with Gasteiger partial charge in [0.2, 0.25) is 12.7 Å².